The second-order valence-corrected chi connectivity index (χ2v) is 3.55. The van der Waals surface area contributed by atoms with Crippen LogP contribution in [0.1, 0.15) is 13.8 Å². The van der Waals surface area contributed by atoms with Crippen LogP contribution in [0, 0.1) is 5.82 Å². The standard InChI is InChI=1S/C11H14FNO3/c1-7(2)13(11(14)15)9-6-8(12)4-5-10(9)16-3/h4-7H,1-3H3,(H,14,15)/p-1. The van der Waals surface area contributed by atoms with Gasteiger partial charge >= 0.3 is 0 Å². The van der Waals surface area contributed by atoms with Gasteiger partial charge in [-0.15, -0.1) is 0 Å². The Morgan fingerprint density at radius 1 is 1.50 bits per heavy atom. The van der Waals surface area contributed by atoms with Crippen LogP contribution in [0.15, 0.2) is 18.2 Å². The molecule has 1 aromatic carbocycles. The van der Waals surface area contributed by atoms with E-state index in [0.717, 1.165) is 11.0 Å². The van der Waals surface area contributed by atoms with Gasteiger partial charge in [0.05, 0.1) is 12.8 Å². The molecule has 0 heterocycles. The third kappa shape index (κ3) is 2.42. The van der Waals surface area contributed by atoms with Gasteiger partial charge in [-0.3, -0.25) is 0 Å². The Labute approximate surface area is 93.3 Å². The highest BCUT2D eigenvalue weighted by atomic mass is 19.1. The van der Waals surface area contributed by atoms with E-state index < -0.39 is 11.9 Å². The summed E-state index contributed by atoms with van der Waals surface area (Å²) in [6.07, 6.45) is -1.39. The largest absolute Gasteiger partial charge is 0.530 e. The van der Waals surface area contributed by atoms with Crippen molar-refractivity contribution in [1.82, 2.24) is 0 Å². The average molecular weight is 226 g/mol. The van der Waals surface area contributed by atoms with Gasteiger partial charge in [0.25, 0.3) is 0 Å². The van der Waals surface area contributed by atoms with Crippen molar-refractivity contribution in [2.45, 2.75) is 19.9 Å². The topological polar surface area (TPSA) is 52.6 Å². The van der Waals surface area contributed by atoms with E-state index in [1.165, 1.54) is 19.2 Å². The van der Waals surface area contributed by atoms with Crippen LogP contribution in [0.25, 0.3) is 0 Å². The maximum absolute atomic E-state index is 13.1. The van der Waals surface area contributed by atoms with Gasteiger partial charge in [-0.2, -0.15) is 0 Å². The second-order valence-electron chi connectivity index (χ2n) is 3.55. The minimum atomic E-state index is -1.39. The fraction of sp³-hybridized carbons (Fsp3) is 0.364. The lowest BCUT2D eigenvalue weighted by Gasteiger charge is -2.30. The van der Waals surface area contributed by atoms with E-state index in [1.807, 2.05) is 0 Å². The van der Waals surface area contributed by atoms with Crippen LogP contribution in [0.5, 0.6) is 5.75 Å². The van der Waals surface area contributed by atoms with Gasteiger partial charge in [0, 0.05) is 12.1 Å². The second kappa shape index (κ2) is 4.83. The van der Waals surface area contributed by atoms with E-state index >= 15 is 0 Å². The summed E-state index contributed by atoms with van der Waals surface area (Å²) in [5.41, 5.74) is 0.150. The third-order valence-corrected chi connectivity index (χ3v) is 2.11. The number of rotatable bonds is 3. The molecule has 0 aliphatic carbocycles. The van der Waals surface area contributed by atoms with Crippen LogP contribution in [-0.4, -0.2) is 19.2 Å². The summed E-state index contributed by atoms with van der Waals surface area (Å²) in [6, 6.07) is 3.33. The zero-order valence-corrected chi connectivity index (χ0v) is 9.36. The summed E-state index contributed by atoms with van der Waals surface area (Å²) in [4.78, 5) is 11.9. The highest BCUT2D eigenvalue weighted by Crippen LogP contribution is 2.30. The van der Waals surface area contributed by atoms with Gasteiger partial charge in [-0.05, 0) is 26.0 Å². The Morgan fingerprint density at radius 2 is 2.12 bits per heavy atom. The molecule has 5 heteroatoms. The first-order chi connectivity index (χ1) is 7.47. The molecular formula is C11H13FNO3-. The number of carbonyl (C=O) groups excluding carboxylic acids is 1. The first-order valence-corrected chi connectivity index (χ1v) is 4.81. The Balaban J connectivity index is 3.26. The highest BCUT2D eigenvalue weighted by Gasteiger charge is 2.17. The number of hydrogen-bond acceptors (Lipinski definition) is 3. The molecule has 0 radical (unpaired) electrons. The number of carboxylic acid groups (broad SMARTS) is 1. The Bertz CT molecular complexity index is 393. The Kier molecular flexibility index (Phi) is 3.71. The average Bonchev–Trinajstić information content (AvgIpc) is 2.17. The molecule has 0 aliphatic rings. The first-order valence-electron chi connectivity index (χ1n) is 4.81. The first kappa shape index (κ1) is 12.3. The molecule has 0 bridgehead atoms. The molecule has 88 valence electrons. The number of nitrogens with zero attached hydrogens (tertiary/aromatic N) is 1. The van der Waals surface area contributed by atoms with Crippen molar-refractivity contribution >= 4 is 11.8 Å². The molecule has 16 heavy (non-hydrogen) atoms. The predicted octanol–water partition coefficient (Wildman–Crippen LogP) is 1.39. The minimum Gasteiger partial charge on any atom is -0.530 e. The van der Waals surface area contributed by atoms with Gasteiger partial charge in [-0.1, -0.05) is 0 Å². The van der Waals surface area contributed by atoms with Crippen LogP contribution in [0.2, 0.25) is 0 Å². The normalized spacial score (nSPS) is 10.3. The van der Waals surface area contributed by atoms with Crippen molar-refractivity contribution in [3.05, 3.63) is 24.0 Å². The smallest absolute Gasteiger partial charge is 0.142 e. The Hall–Kier alpha value is -1.78. The van der Waals surface area contributed by atoms with Crippen LogP contribution >= 0.6 is 0 Å². The molecule has 0 saturated heterocycles. The summed E-state index contributed by atoms with van der Waals surface area (Å²) in [7, 11) is 1.39. The molecule has 0 saturated carbocycles. The quantitative estimate of drug-likeness (QED) is 0.782. The summed E-state index contributed by atoms with van der Waals surface area (Å²) in [5, 5.41) is 11.0. The van der Waals surface area contributed by atoms with Gasteiger partial charge in [0.1, 0.15) is 17.7 Å². The van der Waals surface area contributed by atoms with Gasteiger partial charge in [0.15, 0.2) is 0 Å². The molecule has 0 spiro atoms. The van der Waals surface area contributed by atoms with Crippen LogP contribution in [-0.2, 0) is 0 Å². The molecule has 0 aliphatic heterocycles. The van der Waals surface area contributed by atoms with Crippen LogP contribution in [0.3, 0.4) is 0 Å². The summed E-state index contributed by atoms with van der Waals surface area (Å²) >= 11 is 0. The number of anilines is 1. The summed E-state index contributed by atoms with van der Waals surface area (Å²) in [6.45, 7) is 3.33. The van der Waals surface area contributed by atoms with Crippen LogP contribution < -0.4 is 14.7 Å². The fourth-order valence-electron chi connectivity index (χ4n) is 1.44. The molecule has 0 atom stereocenters. The number of ether oxygens (including phenoxy) is 1. The van der Waals surface area contributed by atoms with Gasteiger partial charge in [0.2, 0.25) is 0 Å². The number of amides is 1. The molecule has 0 aromatic heterocycles. The van der Waals surface area contributed by atoms with Gasteiger partial charge in [-0.25, -0.2) is 4.39 Å². The number of benzene rings is 1. The summed E-state index contributed by atoms with van der Waals surface area (Å²) in [5.74, 6) is -0.234. The van der Waals surface area contributed by atoms with E-state index in [1.54, 1.807) is 13.8 Å². The molecule has 0 N–H and O–H groups in total. The predicted molar refractivity (Wildman–Crippen MR) is 56.0 cm³/mol. The van der Waals surface area contributed by atoms with E-state index in [2.05, 4.69) is 0 Å². The third-order valence-electron chi connectivity index (χ3n) is 2.11. The number of carbonyl (C=O) groups is 1. The van der Waals surface area contributed by atoms with Crippen molar-refractivity contribution in [1.29, 1.82) is 0 Å². The maximum atomic E-state index is 13.1. The SMILES string of the molecule is COc1ccc(F)cc1N(C(=O)[O-])C(C)C. The highest BCUT2D eigenvalue weighted by molar-refractivity contribution is 5.87. The minimum absolute atomic E-state index is 0.150. The lowest BCUT2D eigenvalue weighted by Crippen LogP contribution is -2.45. The maximum Gasteiger partial charge on any atom is 0.142 e. The number of methoxy groups -OCH3 is 1. The van der Waals surface area contributed by atoms with E-state index in [9.17, 15) is 14.3 Å². The van der Waals surface area contributed by atoms with Crippen molar-refractivity contribution in [2.75, 3.05) is 12.0 Å². The van der Waals surface area contributed by atoms with Crippen molar-refractivity contribution in [3.8, 4) is 5.75 Å². The van der Waals surface area contributed by atoms with E-state index in [-0.39, 0.29) is 11.7 Å². The van der Waals surface area contributed by atoms with Gasteiger partial charge < -0.3 is 19.5 Å². The molecule has 1 rings (SSSR count). The van der Waals surface area contributed by atoms with Crippen molar-refractivity contribution in [2.24, 2.45) is 0 Å². The summed E-state index contributed by atoms with van der Waals surface area (Å²) < 4.78 is 18.1. The molecule has 0 unspecified atom stereocenters. The molecule has 1 aromatic rings. The molecule has 1 amide bonds. The number of halogens is 1. The molecular weight excluding hydrogens is 213 g/mol. The lowest BCUT2D eigenvalue weighted by atomic mass is 10.2. The van der Waals surface area contributed by atoms with Crippen molar-refractivity contribution < 1.29 is 19.0 Å². The van der Waals surface area contributed by atoms with E-state index in [4.69, 9.17) is 4.74 Å². The molecule has 4 nitrogen and oxygen atoms in total. The number of hydrogen-bond donors (Lipinski definition) is 0. The fourth-order valence-corrected chi connectivity index (χ4v) is 1.44. The zero-order valence-electron chi connectivity index (χ0n) is 9.36. The monoisotopic (exact) mass is 226 g/mol. The Morgan fingerprint density at radius 3 is 2.56 bits per heavy atom. The molecule has 0 fully saturated rings. The van der Waals surface area contributed by atoms with Crippen LogP contribution in [0.4, 0.5) is 14.9 Å². The van der Waals surface area contributed by atoms with E-state index in [0.29, 0.717) is 5.75 Å². The lowest BCUT2D eigenvalue weighted by molar-refractivity contribution is -0.247. The van der Waals surface area contributed by atoms with Crippen molar-refractivity contribution in [3.63, 3.8) is 0 Å². The zero-order chi connectivity index (χ0) is 12.3.